The van der Waals surface area contributed by atoms with E-state index in [1.54, 1.807) is 12.1 Å². The fourth-order valence-electron chi connectivity index (χ4n) is 2.89. The molecule has 28 heavy (non-hydrogen) atoms. The molecule has 142 valence electrons. The van der Waals surface area contributed by atoms with E-state index in [1.807, 2.05) is 30.3 Å². The van der Waals surface area contributed by atoms with Gasteiger partial charge in [0.05, 0.1) is 0 Å². The van der Waals surface area contributed by atoms with Crippen LogP contribution in [0.1, 0.15) is 19.8 Å². The highest BCUT2D eigenvalue weighted by Gasteiger charge is 2.11. The number of ether oxygens (including phenoxy) is 1. The molecule has 0 saturated carbocycles. The van der Waals surface area contributed by atoms with Gasteiger partial charge >= 0.3 is 0 Å². The van der Waals surface area contributed by atoms with E-state index in [0.717, 1.165) is 36.2 Å². The zero-order valence-corrected chi connectivity index (χ0v) is 16.2. The van der Waals surface area contributed by atoms with Crippen molar-refractivity contribution in [2.24, 2.45) is 0 Å². The molecule has 0 aliphatic carbocycles. The molecule has 0 radical (unpaired) electrons. The van der Waals surface area contributed by atoms with Crippen molar-refractivity contribution in [2.75, 3.05) is 11.9 Å². The van der Waals surface area contributed by atoms with Crippen molar-refractivity contribution in [1.29, 1.82) is 0 Å². The predicted molar refractivity (Wildman–Crippen MR) is 111 cm³/mol. The largest absolute Gasteiger partial charge is 0.437 e. The zero-order chi connectivity index (χ0) is 19.3. The minimum absolute atomic E-state index is 0.194. The van der Waals surface area contributed by atoms with Crippen molar-refractivity contribution in [2.45, 2.75) is 19.8 Å². The zero-order valence-electron chi connectivity index (χ0n) is 15.5. The summed E-state index contributed by atoms with van der Waals surface area (Å²) >= 11 is 6.02. The van der Waals surface area contributed by atoms with Gasteiger partial charge in [-0.25, -0.2) is 0 Å². The van der Waals surface area contributed by atoms with Crippen LogP contribution in [0.15, 0.2) is 60.7 Å². The maximum Gasteiger partial charge on any atom is 0.246 e. The van der Waals surface area contributed by atoms with E-state index in [-0.39, 0.29) is 5.28 Å². The second-order valence-electron chi connectivity index (χ2n) is 6.37. The molecular formula is C21H20ClN5O. The summed E-state index contributed by atoms with van der Waals surface area (Å²) in [5, 5.41) is 15.8. The number of anilines is 1. The van der Waals surface area contributed by atoms with Gasteiger partial charge in [-0.05, 0) is 47.9 Å². The Morgan fingerprint density at radius 3 is 2.71 bits per heavy atom. The van der Waals surface area contributed by atoms with Gasteiger partial charge in [0.25, 0.3) is 0 Å². The number of halogens is 1. The summed E-state index contributed by atoms with van der Waals surface area (Å²) in [6.07, 6.45) is 2.28. The molecule has 0 spiro atoms. The number of nitrogens with zero attached hydrogens (tertiary/aromatic N) is 4. The van der Waals surface area contributed by atoms with Gasteiger partial charge < -0.3 is 10.1 Å². The smallest absolute Gasteiger partial charge is 0.246 e. The minimum atomic E-state index is 0.194. The van der Waals surface area contributed by atoms with Gasteiger partial charge in [0.15, 0.2) is 5.65 Å². The van der Waals surface area contributed by atoms with Crippen LogP contribution in [-0.4, -0.2) is 26.4 Å². The van der Waals surface area contributed by atoms with Gasteiger partial charge in [0.2, 0.25) is 11.2 Å². The van der Waals surface area contributed by atoms with E-state index in [1.165, 1.54) is 4.52 Å². The Morgan fingerprint density at radius 1 is 1.04 bits per heavy atom. The first kappa shape index (κ1) is 18.3. The van der Waals surface area contributed by atoms with Crippen molar-refractivity contribution >= 4 is 22.9 Å². The molecule has 0 aliphatic rings. The monoisotopic (exact) mass is 393 g/mol. The molecule has 7 heteroatoms. The molecule has 2 aromatic carbocycles. The number of nitrogens with one attached hydrogen (secondary N) is 1. The number of fused-ring (bicyclic) bond motifs is 1. The fourth-order valence-corrected chi connectivity index (χ4v) is 3.06. The van der Waals surface area contributed by atoms with Crippen LogP contribution in [0.5, 0.6) is 11.6 Å². The quantitative estimate of drug-likeness (QED) is 0.423. The van der Waals surface area contributed by atoms with Crippen LogP contribution in [0.2, 0.25) is 5.28 Å². The lowest BCUT2D eigenvalue weighted by atomic mass is 10.0. The van der Waals surface area contributed by atoms with E-state index in [9.17, 15) is 0 Å². The Hall–Kier alpha value is -3.12. The number of rotatable bonds is 7. The van der Waals surface area contributed by atoms with Gasteiger partial charge in [-0.3, -0.25) is 0 Å². The van der Waals surface area contributed by atoms with Crippen molar-refractivity contribution in [1.82, 2.24) is 19.8 Å². The molecule has 0 unspecified atom stereocenters. The summed E-state index contributed by atoms with van der Waals surface area (Å²) < 4.78 is 7.55. The lowest BCUT2D eigenvalue weighted by Crippen LogP contribution is -2.01. The third kappa shape index (κ3) is 3.92. The van der Waals surface area contributed by atoms with Gasteiger partial charge in [-0.2, -0.15) is 4.52 Å². The van der Waals surface area contributed by atoms with Crippen LogP contribution >= 0.6 is 11.6 Å². The number of hydrogen-bond acceptors (Lipinski definition) is 5. The molecule has 2 aromatic heterocycles. The number of aromatic nitrogens is 4. The van der Waals surface area contributed by atoms with Crippen LogP contribution in [0.3, 0.4) is 0 Å². The van der Waals surface area contributed by atoms with Crippen molar-refractivity contribution in [3.05, 3.63) is 65.9 Å². The number of unbranched alkanes of at least 4 members (excludes halogenated alkanes) is 1. The average molecular weight is 394 g/mol. The first-order valence-electron chi connectivity index (χ1n) is 9.24. The SMILES string of the molecule is CCCCNc1ccc(Oc2ccc3nnc(Cl)n3n2)c(-c2ccccc2)c1. The Morgan fingerprint density at radius 2 is 1.89 bits per heavy atom. The molecule has 0 bridgehead atoms. The summed E-state index contributed by atoms with van der Waals surface area (Å²) in [4.78, 5) is 0. The Kier molecular flexibility index (Phi) is 5.39. The molecule has 4 aromatic rings. The Balaban J connectivity index is 1.69. The van der Waals surface area contributed by atoms with Crippen LogP contribution < -0.4 is 10.1 Å². The van der Waals surface area contributed by atoms with Crippen molar-refractivity contribution < 1.29 is 4.74 Å². The Labute approximate surface area is 168 Å². The van der Waals surface area contributed by atoms with Crippen LogP contribution in [-0.2, 0) is 0 Å². The predicted octanol–water partition coefficient (Wildman–Crippen LogP) is 5.45. The van der Waals surface area contributed by atoms with E-state index in [0.29, 0.717) is 17.3 Å². The van der Waals surface area contributed by atoms with Gasteiger partial charge in [-0.1, -0.05) is 43.7 Å². The molecule has 0 fully saturated rings. The second kappa shape index (κ2) is 8.27. The molecule has 4 rings (SSSR count). The van der Waals surface area contributed by atoms with Gasteiger partial charge in [-0.15, -0.1) is 15.3 Å². The van der Waals surface area contributed by atoms with Crippen LogP contribution in [0.4, 0.5) is 5.69 Å². The standard InChI is InChI=1S/C21H20ClN5O/c1-2-3-13-23-16-9-10-18(17(14-16)15-7-5-4-6-8-15)28-20-12-11-19-24-25-21(22)27(19)26-20/h4-12,14,23H,2-3,13H2,1H3. The molecular weight excluding hydrogens is 374 g/mol. The average Bonchev–Trinajstić information content (AvgIpc) is 3.10. The highest BCUT2D eigenvalue weighted by molar-refractivity contribution is 6.28. The lowest BCUT2D eigenvalue weighted by Gasteiger charge is -2.14. The fraction of sp³-hybridized carbons (Fsp3) is 0.190. The van der Waals surface area contributed by atoms with E-state index >= 15 is 0 Å². The summed E-state index contributed by atoms with van der Waals surface area (Å²) in [7, 11) is 0. The molecule has 0 atom stereocenters. The molecule has 0 amide bonds. The lowest BCUT2D eigenvalue weighted by molar-refractivity contribution is 0.454. The van der Waals surface area contributed by atoms with E-state index in [2.05, 4.69) is 45.7 Å². The molecule has 2 heterocycles. The molecule has 6 nitrogen and oxygen atoms in total. The first-order chi connectivity index (χ1) is 13.7. The maximum atomic E-state index is 6.10. The van der Waals surface area contributed by atoms with Crippen LogP contribution in [0, 0.1) is 0 Å². The second-order valence-corrected chi connectivity index (χ2v) is 6.71. The third-order valence-electron chi connectivity index (χ3n) is 4.34. The van der Waals surface area contributed by atoms with Crippen molar-refractivity contribution in [3.63, 3.8) is 0 Å². The summed E-state index contributed by atoms with van der Waals surface area (Å²) in [5.74, 6) is 1.13. The van der Waals surface area contributed by atoms with Crippen molar-refractivity contribution in [3.8, 4) is 22.8 Å². The molecule has 0 saturated heterocycles. The highest BCUT2D eigenvalue weighted by atomic mass is 35.5. The highest BCUT2D eigenvalue weighted by Crippen LogP contribution is 2.35. The summed E-state index contributed by atoms with van der Waals surface area (Å²) in [5.41, 5.74) is 3.68. The van der Waals surface area contributed by atoms with E-state index < -0.39 is 0 Å². The summed E-state index contributed by atoms with van der Waals surface area (Å²) in [6, 6.07) is 19.7. The topological polar surface area (TPSA) is 64.3 Å². The molecule has 1 N–H and O–H groups in total. The number of hydrogen-bond donors (Lipinski definition) is 1. The summed E-state index contributed by atoms with van der Waals surface area (Å²) in [6.45, 7) is 3.12. The Bertz CT molecular complexity index is 1080. The third-order valence-corrected chi connectivity index (χ3v) is 4.57. The van der Waals surface area contributed by atoms with Gasteiger partial charge in [0, 0.05) is 23.9 Å². The van der Waals surface area contributed by atoms with Crippen LogP contribution in [0.25, 0.3) is 16.8 Å². The number of benzene rings is 2. The van der Waals surface area contributed by atoms with Gasteiger partial charge in [0.1, 0.15) is 5.75 Å². The first-order valence-corrected chi connectivity index (χ1v) is 9.61. The maximum absolute atomic E-state index is 6.10. The van der Waals surface area contributed by atoms with E-state index in [4.69, 9.17) is 16.3 Å². The minimum Gasteiger partial charge on any atom is -0.437 e. The molecule has 0 aliphatic heterocycles. The normalized spacial score (nSPS) is 10.9.